The summed E-state index contributed by atoms with van der Waals surface area (Å²) in [6.07, 6.45) is 0. The molecule has 5 nitrogen and oxygen atoms in total. The maximum absolute atomic E-state index is 13.2. The fourth-order valence-corrected chi connectivity index (χ4v) is 3.69. The van der Waals surface area contributed by atoms with Crippen molar-refractivity contribution >= 4 is 22.7 Å². The van der Waals surface area contributed by atoms with Crippen LogP contribution in [0.15, 0.2) is 78.9 Å². The largest absolute Gasteiger partial charge is 0.508 e. The number of hydrogen-bond acceptors (Lipinski definition) is 4. The molecule has 0 amide bonds. The topological polar surface area (TPSA) is 68.5 Å². The van der Waals surface area contributed by atoms with E-state index in [9.17, 15) is 14.7 Å². The molecule has 0 radical (unpaired) electrons. The summed E-state index contributed by atoms with van der Waals surface area (Å²) in [6.45, 7) is 2.38. The highest BCUT2D eigenvalue weighted by Crippen LogP contribution is 2.34. The van der Waals surface area contributed by atoms with Crippen LogP contribution in [0.3, 0.4) is 0 Å². The molecule has 0 saturated carbocycles. The van der Waals surface area contributed by atoms with Crippen molar-refractivity contribution in [1.29, 1.82) is 0 Å². The number of ketones is 1. The molecule has 4 aromatic rings. The number of esters is 1. The molecule has 150 valence electrons. The van der Waals surface area contributed by atoms with Gasteiger partial charge in [-0.2, -0.15) is 0 Å². The molecule has 0 saturated heterocycles. The van der Waals surface area contributed by atoms with Gasteiger partial charge in [0, 0.05) is 17.4 Å². The number of aryl methyl sites for hydroxylation is 1. The standard InChI is InChI=1S/C25H21NO4/c1-2-26-21-11-7-6-10-20(21)23(24(26)17-8-4-3-5-9-17)22(28)16-30-25(29)18-12-14-19(27)15-13-18/h3-15,27H,2,16H2,1H3. The van der Waals surface area contributed by atoms with Gasteiger partial charge in [-0.05, 0) is 42.8 Å². The first-order valence-electron chi connectivity index (χ1n) is 9.76. The number of phenolic OH excluding ortho intramolecular Hbond substituents is 1. The van der Waals surface area contributed by atoms with Gasteiger partial charge in [-0.25, -0.2) is 4.79 Å². The molecule has 1 N–H and O–H groups in total. The van der Waals surface area contributed by atoms with Gasteiger partial charge in [-0.3, -0.25) is 4.79 Å². The number of aromatic hydroxyl groups is 1. The number of rotatable bonds is 6. The van der Waals surface area contributed by atoms with E-state index in [1.165, 1.54) is 24.3 Å². The van der Waals surface area contributed by atoms with E-state index < -0.39 is 5.97 Å². The summed E-state index contributed by atoms with van der Waals surface area (Å²) in [6, 6.07) is 23.2. The Morgan fingerprint density at radius 1 is 0.900 bits per heavy atom. The first-order valence-corrected chi connectivity index (χ1v) is 9.76. The number of benzene rings is 3. The summed E-state index contributed by atoms with van der Waals surface area (Å²) >= 11 is 0. The van der Waals surface area contributed by atoms with E-state index >= 15 is 0 Å². The molecule has 1 heterocycles. The molecule has 3 aromatic carbocycles. The fraction of sp³-hybridized carbons (Fsp3) is 0.120. The first kappa shape index (κ1) is 19.5. The van der Waals surface area contributed by atoms with Crippen LogP contribution in [0.4, 0.5) is 0 Å². The van der Waals surface area contributed by atoms with E-state index in [1.807, 2.05) is 61.5 Å². The first-order chi connectivity index (χ1) is 14.6. The van der Waals surface area contributed by atoms with Gasteiger partial charge in [0.25, 0.3) is 0 Å². The lowest BCUT2D eigenvalue weighted by atomic mass is 10.0. The Balaban J connectivity index is 1.71. The summed E-state index contributed by atoms with van der Waals surface area (Å²) in [5.41, 5.74) is 3.55. The van der Waals surface area contributed by atoms with E-state index in [1.54, 1.807) is 0 Å². The molecular formula is C25H21NO4. The van der Waals surface area contributed by atoms with Crippen LogP contribution in [-0.4, -0.2) is 28.0 Å². The number of carbonyl (C=O) groups is 2. The number of carbonyl (C=O) groups excluding carboxylic acids is 2. The third-order valence-electron chi connectivity index (χ3n) is 5.05. The molecule has 0 aliphatic carbocycles. The zero-order valence-electron chi connectivity index (χ0n) is 16.5. The predicted molar refractivity (Wildman–Crippen MR) is 116 cm³/mol. The van der Waals surface area contributed by atoms with E-state index in [4.69, 9.17) is 4.74 Å². The number of para-hydroxylation sites is 1. The molecular weight excluding hydrogens is 378 g/mol. The summed E-state index contributed by atoms with van der Waals surface area (Å²) < 4.78 is 7.40. The minimum Gasteiger partial charge on any atom is -0.508 e. The van der Waals surface area contributed by atoms with Crippen molar-refractivity contribution in [1.82, 2.24) is 4.57 Å². The Bertz CT molecular complexity index is 1210. The zero-order chi connectivity index (χ0) is 21.1. The number of ether oxygens (including phenoxy) is 1. The third kappa shape index (κ3) is 3.57. The summed E-state index contributed by atoms with van der Waals surface area (Å²) in [7, 11) is 0. The quantitative estimate of drug-likeness (QED) is 0.363. The Morgan fingerprint density at radius 3 is 2.27 bits per heavy atom. The molecule has 0 atom stereocenters. The molecule has 0 aliphatic heterocycles. The minimum atomic E-state index is -0.608. The monoisotopic (exact) mass is 399 g/mol. The number of fused-ring (bicyclic) bond motifs is 1. The van der Waals surface area contributed by atoms with Gasteiger partial charge in [0.15, 0.2) is 6.61 Å². The lowest BCUT2D eigenvalue weighted by Crippen LogP contribution is -2.15. The van der Waals surface area contributed by atoms with Crippen LogP contribution in [0.5, 0.6) is 5.75 Å². The van der Waals surface area contributed by atoms with Crippen molar-refractivity contribution < 1.29 is 19.4 Å². The van der Waals surface area contributed by atoms with Crippen molar-refractivity contribution in [3.63, 3.8) is 0 Å². The molecule has 30 heavy (non-hydrogen) atoms. The molecule has 4 rings (SSSR count). The van der Waals surface area contributed by atoms with Gasteiger partial charge >= 0.3 is 5.97 Å². The highest BCUT2D eigenvalue weighted by molar-refractivity contribution is 6.14. The summed E-state index contributed by atoms with van der Waals surface area (Å²) in [5, 5.41) is 10.2. The van der Waals surface area contributed by atoms with Crippen LogP contribution in [-0.2, 0) is 11.3 Å². The van der Waals surface area contributed by atoms with Gasteiger partial charge in [-0.15, -0.1) is 0 Å². The maximum atomic E-state index is 13.2. The number of hydrogen-bond donors (Lipinski definition) is 1. The van der Waals surface area contributed by atoms with Crippen molar-refractivity contribution in [2.45, 2.75) is 13.5 Å². The van der Waals surface area contributed by atoms with Crippen LogP contribution in [0.1, 0.15) is 27.6 Å². The van der Waals surface area contributed by atoms with E-state index in [2.05, 4.69) is 4.57 Å². The average molecular weight is 399 g/mol. The molecule has 1 aromatic heterocycles. The van der Waals surface area contributed by atoms with Gasteiger partial charge in [0.2, 0.25) is 5.78 Å². The van der Waals surface area contributed by atoms with E-state index in [0.717, 1.165) is 22.2 Å². The lowest BCUT2D eigenvalue weighted by Gasteiger charge is -2.11. The molecule has 0 spiro atoms. The minimum absolute atomic E-state index is 0.0579. The molecule has 0 unspecified atom stereocenters. The van der Waals surface area contributed by atoms with Crippen molar-refractivity contribution in [2.24, 2.45) is 0 Å². The SMILES string of the molecule is CCn1c(-c2ccccc2)c(C(=O)COC(=O)c2ccc(O)cc2)c2ccccc21. The molecule has 0 bridgehead atoms. The van der Waals surface area contributed by atoms with E-state index in [-0.39, 0.29) is 23.7 Å². The number of Topliss-reactive ketones (excluding diaryl/α,β-unsaturated/α-hetero) is 1. The Morgan fingerprint density at radius 2 is 1.57 bits per heavy atom. The van der Waals surface area contributed by atoms with Gasteiger partial charge < -0.3 is 14.4 Å². The van der Waals surface area contributed by atoms with Crippen LogP contribution in [0.25, 0.3) is 22.2 Å². The lowest BCUT2D eigenvalue weighted by molar-refractivity contribution is 0.0475. The normalized spacial score (nSPS) is 10.8. The van der Waals surface area contributed by atoms with Crippen LogP contribution in [0, 0.1) is 0 Å². The second-order valence-corrected chi connectivity index (χ2v) is 6.90. The summed E-state index contributed by atoms with van der Waals surface area (Å²) in [4.78, 5) is 25.6. The van der Waals surface area contributed by atoms with Gasteiger partial charge in [-0.1, -0.05) is 48.5 Å². The molecule has 5 heteroatoms. The van der Waals surface area contributed by atoms with Crippen LogP contribution >= 0.6 is 0 Å². The number of phenols is 1. The predicted octanol–water partition coefficient (Wildman–Crippen LogP) is 5.07. The van der Waals surface area contributed by atoms with Crippen LogP contribution < -0.4 is 0 Å². The van der Waals surface area contributed by atoms with Gasteiger partial charge in [0.05, 0.1) is 16.8 Å². The van der Waals surface area contributed by atoms with Crippen molar-refractivity contribution in [3.05, 3.63) is 90.0 Å². The average Bonchev–Trinajstić information content (AvgIpc) is 3.12. The maximum Gasteiger partial charge on any atom is 0.338 e. The fourth-order valence-electron chi connectivity index (χ4n) is 3.69. The highest BCUT2D eigenvalue weighted by Gasteiger charge is 2.24. The second kappa shape index (κ2) is 8.25. The Hall–Kier alpha value is -3.86. The van der Waals surface area contributed by atoms with Gasteiger partial charge in [0.1, 0.15) is 5.75 Å². The third-order valence-corrected chi connectivity index (χ3v) is 5.05. The van der Waals surface area contributed by atoms with Crippen molar-refractivity contribution in [2.75, 3.05) is 6.61 Å². The van der Waals surface area contributed by atoms with Crippen LogP contribution in [0.2, 0.25) is 0 Å². The Labute approximate surface area is 174 Å². The Kier molecular flexibility index (Phi) is 5.35. The highest BCUT2D eigenvalue weighted by atomic mass is 16.5. The smallest absolute Gasteiger partial charge is 0.338 e. The second-order valence-electron chi connectivity index (χ2n) is 6.90. The zero-order valence-corrected chi connectivity index (χ0v) is 16.5. The number of nitrogens with zero attached hydrogens (tertiary/aromatic N) is 1. The van der Waals surface area contributed by atoms with Crippen molar-refractivity contribution in [3.8, 4) is 17.0 Å². The summed E-state index contributed by atoms with van der Waals surface area (Å²) in [5.74, 6) is -0.810. The molecule has 0 fully saturated rings. The number of aromatic nitrogens is 1. The van der Waals surface area contributed by atoms with E-state index in [0.29, 0.717) is 12.1 Å². The molecule has 0 aliphatic rings.